The van der Waals surface area contributed by atoms with Crippen LogP contribution in [-0.4, -0.2) is 35.9 Å². The summed E-state index contributed by atoms with van der Waals surface area (Å²) in [6, 6.07) is 8.78. The van der Waals surface area contributed by atoms with Crippen LogP contribution in [0.5, 0.6) is 0 Å². The van der Waals surface area contributed by atoms with Crippen LogP contribution >= 0.6 is 0 Å². The summed E-state index contributed by atoms with van der Waals surface area (Å²) in [5.74, 6) is 1.05. The van der Waals surface area contributed by atoms with Crippen LogP contribution in [0.3, 0.4) is 0 Å². The predicted molar refractivity (Wildman–Crippen MR) is 120 cm³/mol. The molecule has 1 fully saturated rings. The number of benzene rings is 1. The Labute approximate surface area is 176 Å². The molecule has 0 aliphatic carbocycles. The molecular formula is C23H39N5O. The third-order valence-corrected chi connectivity index (χ3v) is 5.55. The Balaban J connectivity index is 1.82. The van der Waals surface area contributed by atoms with Gasteiger partial charge in [0.2, 0.25) is 5.91 Å². The summed E-state index contributed by atoms with van der Waals surface area (Å²) in [6.45, 7) is 9.83. The summed E-state index contributed by atoms with van der Waals surface area (Å²) in [5, 5.41) is 3.30. The van der Waals surface area contributed by atoms with Crippen LogP contribution in [0, 0.1) is 11.8 Å². The number of hydrogen-bond acceptors (Lipinski definition) is 3. The van der Waals surface area contributed by atoms with E-state index in [2.05, 4.69) is 60.2 Å². The molecule has 1 aromatic carbocycles. The molecule has 0 spiro atoms. The lowest BCUT2D eigenvalue weighted by Gasteiger charge is -2.31. The van der Waals surface area contributed by atoms with Crippen LogP contribution in [0.2, 0.25) is 0 Å². The van der Waals surface area contributed by atoms with Gasteiger partial charge in [0.15, 0.2) is 5.96 Å². The molecule has 0 saturated carbocycles. The van der Waals surface area contributed by atoms with Gasteiger partial charge in [0.25, 0.3) is 0 Å². The zero-order valence-electron chi connectivity index (χ0n) is 18.4. The molecule has 2 atom stereocenters. The second-order valence-electron chi connectivity index (χ2n) is 8.87. The van der Waals surface area contributed by atoms with Gasteiger partial charge in [-0.25, -0.2) is 4.99 Å². The molecular weight excluding hydrogens is 362 g/mol. The average Bonchev–Trinajstić information content (AvgIpc) is 2.66. The Morgan fingerprint density at radius 1 is 1.24 bits per heavy atom. The molecule has 5 N–H and O–H groups in total. The van der Waals surface area contributed by atoms with Gasteiger partial charge in [0, 0.05) is 19.1 Å². The normalized spacial score (nSPS) is 19.3. The van der Waals surface area contributed by atoms with Gasteiger partial charge in [-0.3, -0.25) is 9.69 Å². The topological polar surface area (TPSA) is 96.7 Å². The van der Waals surface area contributed by atoms with E-state index in [-0.39, 0.29) is 11.8 Å². The number of amides is 1. The molecule has 1 aromatic rings. The average molecular weight is 402 g/mol. The number of guanidine groups is 1. The first-order chi connectivity index (χ1) is 13.8. The van der Waals surface area contributed by atoms with Crippen molar-refractivity contribution in [3.05, 3.63) is 35.4 Å². The second kappa shape index (κ2) is 11.8. The first-order valence-electron chi connectivity index (χ1n) is 11.0. The monoisotopic (exact) mass is 401 g/mol. The lowest BCUT2D eigenvalue weighted by molar-refractivity contribution is -0.123. The molecule has 0 bridgehead atoms. The van der Waals surface area contributed by atoms with Crippen LogP contribution in [-0.2, 0) is 17.9 Å². The molecule has 1 saturated heterocycles. The minimum atomic E-state index is -0.181. The van der Waals surface area contributed by atoms with E-state index in [1.165, 1.54) is 18.4 Å². The molecule has 2 rings (SSSR count). The van der Waals surface area contributed by atoms with Gasteiger partial charge in [-0.05, 0) is 49.8 Å². The summed E-state index contributed by atoms with van der Waals surface area (Å²) in [5.41, 5.74) is 13.9. The lowest BCUT2D eigenvalue weighted by Crippen LogP contribution is -2.40. The van der Waals surface area contributed by atoms with Crippen LogP contribution in [0.1, 0.15) is 64.0 Å². The van der Waals surface area contributed by atoms with E-state index in [1.807, 2.05) is 0 Å². The van der Waals surface area contributed by atoms with E-state index in [1.54, 1.807) is 0 Å². The van der Waals surface area contributed by atoms with Crippen molar-refractivity contribution in [3.63, 3.8) is 0 Å². The molecule has 1 aliphatic heterocycles. The van der Waals surface area contributed by atoms with E-state index < -0.39 is 0 Å². The van der Waals surface area contributed by atoms with Crippen molar-refractivity contribution in [1.29, 1.82) is 0 Å². The third kappa shape index (κ3) is 8.86. The van der Waals surface area contributed by atoms with Crippen LogP contribution < -0.4 is 16.8 Å². The van der Waals surface area contributed by atoms with Crippen molar-refractivity contribution >= 4 is 11.9 Å². The minimum Gasteiger partial charge on any atom is -0.370 e. The number of primary amides is 1. The Morgan fingerprint density at radius 2 is 2.00 bits per heavy atom. The summed E-state index contributed by atoms with van der Waals surface area (Å²) in [4.78, 5) is 18.3. The van der Waals surface area contributed by atoms with Crippen LogP contribution in [0.25, 0.3) is 0 Å². The number of rotatable bonds is 10. The molecule has 6 heteroatoms. The van der Waals surface area contributed by atoms with Gasteiger partial charge in [-0.15, -0.1) is 0 Å². The van der Waals surface area contributed by atoms with E-state index in [4.69, 9.17) is 11.5 Å². The zero-order chi connectivity index (χ0) is 21.2. The molecule has 1 amide bonds. The number of carbonyl (C=O) groups excluding carboxylic acids is 1. The molecule has 29 heavy (non-hydrogen) atoms. The lowest BCUT2D eigenvalue weighted by atomic mass is 9.97. The zero-order valence-corrected chi connectivity index (χ0v) is 18.4. The highest BCUT2D eigenvalue weighted by Crippen LogP contribution is 2.19. The molecule has 0 aromatic heterocycles. The van der Waals surface area contributed by atoms with Crippen molar-refractivity contribution in [1.82, 2.24) is 10.2 Å². The summed E-state index contributed by atoms with van der Waals surface area (Å²) in [7, 11) is 0. The molecule has 1 aliphatic rings. The summed E-state index contributed by atoms with van der Waals surface area (Å²) < 4.78 is 0. The Hall–Kier alpha value is -2.08. The number of nitrogens with two attached hydrogens (primary N) is 2. The third-order valence-electron chi connectivity index (χ3n) is 5.55. The summed E-state index contributed by atoms with van der Waals surface area (Å²) >= 11 is 0. The van der Waals surface area contributed by atoms with Crippen molar-refractivity contribution in [2.75, 3.05) is 13.1 Å². The fraction of sp³-hybridized carbons (Fsp3) is 0.652. The molecule has 6 nitrogen and oxygen atoms in total. The largest absolute Gasteiger partial charge is 0.370 e. The Kier molecular flexibility index (Phi) is 9.45. The van der Waals surface area contributed by atoms with E-state index in [0.717, 1.165) is 50.4 Å². The number of nitrogens with zero attached hydrogens (tertiary/aromatic N) is 2. The van der Waals surface area contributed by atoms with Crippen molar-refractivity contribution in [2.24, 2.45) is 28.3 Å². The number of likely N-dealkylation sites (tertiary alicyclic amines) is 1. The van der Waals surface area contributed by atoms with Crippen molar-refractivity contribution in [2.45, 2.75) is 72.0 Å². The maximum atomic E-state index is 11.5. The SMILES string of the molecule is CC(C)CCCC(C)NC(N)=NCc1cccc(CN2CCCC(C(N)=O)C2)c1. The van der Waals surface area contributed by atoms with Gasteiger partial charge < -0.3 is 16.8 Å². The fourth-order valence-electron chi connectivity index (χ4n) is 3.89. The molecule has 2 unspecified atom stereocenters. The maximum Gasteiger partial charge on any atom is 0.221 e. The standard InChI is InChI=1S/C23H39N5O/c1-17(2)7-4-8-18(3)27-23(25)26-14-19-9-5-10-20(13-19)15-28-12-6-11-21(16-28)22(24)29/h5,9-10,13,17-18,21H,4,6-8,11-12,14-16H2,1-3H3,(H2,24,29)(H3,25,26,27). The van der Waals surface area contributed by atoms with E-state index in [9.17, 15) is 4.79 Å². The number of hydrogen-bond donors (Lipinski definition) is 3. The van der Waals surface area contributed by atoms with E-state index >= 15 is 0 Å². The molecule has 162 valence electrons. The number of carbonyl (C=O) groups is 1. The van der Waals surface area contributed by atoms with E-state index in [0.29, 0.717) is 18.5 Å². The number of nitrogens with one attached hydrogen (secondary N) is 1. The van der Waals surface area contributed by atoms with Gasteiger partial charge in [-0.2, -0.15) is 0 Å². The molecule has 0 radical (unpaired) electrons. The van der Waals surface area contributed by atoms with Gasteiger partial charge in [-0.1, -0.05) is 51.0 Å². The molecule has 1 heterocycles. The number of aliphatic imine (C=N–C) groups is 1. The smallest absolute Gasteiger partial charge is 0.221 e. The fourth-order valence-corrected chi connectivity index (χ4v) is 3.89. The second-order valence-corrected chi connectivity index (χ2v) is 8.87. The quantitative estimate of drug-likeness (QED) is 0.415. The van der Waals surface area contributed by atoms with Gasteiger partial charge in [0.05, 0.1) is 12.5 Å². The predicted octanol–water partition coefficient (Wildman–Crippen LogP) is 3.00. The minimum absolute atomic E-state index is 0.0232. The first-order valence-corrected chi connectivity index (χ1v) is 11.0. The van der Waals surface area contributed by atoms with Crippen molar-refractivity contribution < 1.29 is 4.79 Å². The Bertz CT molecular complexity index is 673. The number of piperidine rings is 1. The van der Waals surface area contributed by atoms with Crippen LogP contribution in [0.4, 0.5) is 0 Å². The van der Waals surface area contributed by atoms with Gasteiger partial charge >= 0.3 is 0 Å². The Morgan fingerprint density at radius 3 is 2.72 bits per heavy atom. The highest BCUT2D eigenvalue weighted by Gasteiger charge is 2.23. The van der Waals surface area contributed by atoms with Gasteiger partial charge in [0.1, 0.15) is 0 Å². The first kappa shape index (κ1) is 23.2. The summed E-state index contributed by atoms with van der Waals surface area (Å²) in [6.07, 6.45) is 5.48. The maximum absolute atomic E-state index is 11.5. The highest BCUT2D eigenvalue weighted by atomic mass is 16.1. The highest BCUT2D eigenvalue weighted by molar-refractivity contribution is 5.78. The van der Waals surface area contributed by atoms with Crippen LogP contribution in [0.15, 0.2) is 29.3 Å². The van der Waals surface area contributed by atoms with Crippen molar-refractivity contribution in [3.8, 4) is 0 Å².